The van der Waals surface area contributed by atoms with Gasteiger partial charge >= 0.3 is 0 Å². The zero-order valence-corrected chi connectivity index (χ0v) is 10.6. The lowest BCUT2D eigenvalue weighted by Crippen LogP contribution is -2.16. The highest BCUT2D eigenvalue weighted by Crippen LogP contribution is 2.26. The Morgan fingerprint density at radius 2 is 2.12 bits per heavy atom. The van der Waals surface area contributed by atoms with Crippen LogP contribution in [0.25, 0.3) is 0 Å². The molecule has 1 aromatic heterocycles. The first kappa shape index (κ1) is 11.3. The number of nitrogens with one attached hydrogen (secondary N) is 1. The topological polar surface area (TPSA) is 24.9 Å². The predicted octanol–water partition coefficient (Wildman–Crippen LogP) is 3.07. The van der Waals surface area contributed by atoms with E-state index >= 15 is 0 Å². The van der Waals surface area contributed by atoms with E-state index in [0.717, 1.165) is 5.01 Å². The van der Waals surface area contributed by atoms with Gasteiger partial charge in [-0.25, -0.2) is 4.98 Å². The van der Waals surface area contributed by atoms with Crippen LogP contribution in [0.3, 0.4) is 0 Å². The Balaban J connectivity index is 2.36. The normalized spacial score (nSPS) is 12.7. The van der Waals surface area contributed by atoms with Crippen LogP contribution in [0.5, 0.6) is 0 Å². The summed E-state index contributed by atoms with van der Waals surface area (Å²) in [7, 11) is 1.99. The molecule has 0 spiro atoms. The molecule has 84 valence electrons. The number of aromatic nitrogens is 1. The molecule has 0 saturated carbocycles. The monoisotopic (exact) mass is 232 g/mol. The lowest BCUT2D eigenvalue weighted by Gasteiger charge is -2.14. The molecule has 0 aliphatic rings. The molecule has 0 saturated heterocycles. The minimum absolute atomic E-state index is 0.256. The van der Waals surface area contributed by atoms with Crippen molar-refractivity contribution in [2.24, 2.45) is 0 Å². The van der Waals surface area contributed by atoms with E-state index in [4.69, 9.17) is 0 Å². The van der Waals surface area contributed by atoms with Gasteiger partial charge in [-0.3, -0.25) is 0 Å². The van der Waals surface area contributed by atoms with Crippen LogP contribution in [0.4, 0.5) is 0 Å². The minimum Gasteiger partial charge on any atom is -0.309 e. The lowest BCUT2D eigenvalue weighted by atomic mass is 10.0. The molecule has 2 rings (SSSR count). The van der Waals surface area contributed by atoms with Crippen LogP contribution in [0.1, 0.15) is 27.1 Å². The quantitative estimate of drug-likeness (QED) is 0.879. The molecule has 2 aromatic rings. The number of benzene rings is 1. The second-order valence-electron chi connectivity index (χ2n) is 3.92. The van der Waals surface area contributed by atoms with Crippen LogP contribution in [0, 0.1) is 13.8 Å². The van der Waals surface area contributed by atoms with Crippen LogP contribution in [-0.4, -0.2) is 12.0 Å². The Hall–Kier alpha value is -1.19. The SMILES string of the molecule is CNC(c1cccc(C)c1)c1cnc(C)s1. The molecule has 1 aromatic carbocycles. The number of hydrogen-bond donors (Lipinski definition) is 1. The van der Waals surface area contributed by atoms with Crippen LogP contribution < -0.4 is 5.32 Å². The van der Waals surface area contributed by atoms with Gasteiger partial charge in [-0.05, 0) is 26.5 Å². The molecule has 3 heteroatoms. The highest BCUT2D eigenvalue weighted by molar-refractivity contribution is 7.11. The Kier molecular flexibility index (Phi) is 3.36. The molecule has 0 fully saturated rings. The summed E-state index contributed by atoms with van der Waals surface area (Å²) in [6, 6.07) is 8.85. The smallest absolute Gasteiger partial charge is 0.0897 e. The number of hydrogen-bond acceptors (Lipinski definition) is 3. The first-order valence-electron chi connectivity index (χ1n) is 5.37. The average molecular weight is 232 g/mol. The summed E-state index contributed by atoms with van der Waals surface area (Å²) in [5, 5.41) is 4.46. The van der Waals surface area contributed by atoms with Gasteiger partial charge in [0.15, 0.2) is 0 Å². The molecule has 0 amide bonds. The second-order valence-corrected chi connectivity index (χ2v) is 5.18. The van der Waals surface area contributed by atoms with E-state index in [0.29, 0.717) is 0 Å². The van der Waals surface area contributed by atoms with E-state index in [1.165, 1.54) is 16.0 Å². The standard InChI is InChI=1S/C13H16N2S/c1-9-5-4-6-11(7-9)13(14-3)12-8-15-10(2)16-12/h4-8,13-14H,1-3H3. The highest BCUT2D eigenvalue weighted by atomic mass is 32.1. The van der Waals surface area contributed by atoms with E-state index in [-0.39, 0.29) is 6.04 Å². The van der Waals surface area contributed by atoms with Gasteiger partial charge in [0.1, 0.15) is 0 Å². The maximum Gasteiger partial charge on any atom is 0.0897 e. The van der Waals surface area contributed by atoms with Crippen LogP contribution in [0.15, 0.2) is 30.5 Å². The van der Waals surface area contributed by atoms with Crippen molar-refractivity contribution in [3.8, 4) is 0 Å². The molecule has 1 atom stereocenters. The first-order chi connectivity index (χ1) is 7.70. The number of aryl methyl sites for hydroxylation is 2. The fraction of sp³-hybridized carbons (Fsp3) is 0.308. The largest absolute Gasteiger partial charge is 0.309 e. The molecular weight excluding hydrogens is 216 g/mol. The Bertz CT molecular complexity index is 476. The minimum atomic E-state index is 0.256. The highest BCUT2D eigenvalue weighted by Gasteiger charge is 2.14. The van der Waals surface area contributed by atoms with Crippen molar-refractivity contribution >= 4 is 11.3 Å². The molecule has 0 bridgehead atoms. The summed E-state index contributed by atoms with van der Waals surface area (Å²) in [5.41, 5.74) is 2.59. The van der Waals surface area contributed by atoms with Gasteiger partial charge in [-0.15, -0.1) is 11.3 Å². The van der Waals surface area contributed by atoms with Gasteiger partial charge < -0.3 is 5.32 Å². The molecule has 1 N–H and O–H groups in total. The van der Waals surface area contributed by atoms with Crippen molar-refractivity contribution in [2.75, 3.05) is 7.05 Å². The third-order valence-electron chi connectivity index (χ3n) is 2.59. The molecule has 0 aliphatic heterocycles. The fourth-order valence-electron chi connectivity index (χ4n) is 1.83. The van der Waals surface area contributed by atoms with E-state index in [1.807, 2.05) is 20.2 Å². The predicted molar refractivity (Wildman–Crippen MR) is 68.9 cm³/mol. The van der Waals surface area contributed by atoms with Gasteiger partial charge in [0.25, 0.3) is 0 Å². The maximum atomic E-state index is 4.31. The molecule has 0 radical (unpaired) electrons. The van der Waals surface area contributed by atoms with Gasteiger partial charge in [0.2, 0.25) is 0 Å². The molecule has 1 unspecified atom stereocenters. The first-order valence-corrected chi connectivity index (χ1v) is 6.18. The van der Waals surface area contributed by atoms with E-state index in [1.54, 1.807) is 11.3 Å². The molecule has 2 nitrogen and oxygen atoms in total. The van der Waals surface area contributed by atoms with Crippen molar-refractivity contribution in [3.63, 3.8) is 0 Å². The van der Waals surface area contributed by atoms with Crippen molar-refractivity contribution in [2.45, 2.75) is 19.9 Å². The summed E-state index contributed by atoms with van der Waals surface area (Å²) in [4.78, 5) is 5.58. The van der Waals surface area contributed by atoms with Crippen molar-refractivity contribution in [1.82, 2.24) is 10.3 Å². The van der Waals surface area contributed by atoms with Crippen LogP contribution >= 0.6 is 11.3 Å². The van der Waals surface area contributed by atoms with E-state index in [2.05, 4.69) is 41.5 Å². The Labute approximate surface area is 100 Å². The third-order valence-corrected chi connectivity index (χ3v) is 3.57. The molecular formula is C13H16N2S. The van der Waals surface area contributed by atoms with Gasteiger partial charge in [0.05, 0.1) is 11.0 Å². The van der Waals surface area contributed by atoms with Gasteiger partial charge in [-0.2, -0.15) is 0 Å². The zero-order chi connectivity index (χ0) is 11.5. The average Bonchev–Trinajstić information content (AvgIpc) is 2.66. The number of nitrogens with zero attached hydrogens (tertiary/aromatic N) is 1. The Morgan fingerprint density at radius 1 is 1.31 bits per heavy atom. The van der Waals surface area contributed by atoms with Gasteiger partial charge in [-0.1, -0.05) is 29.8 Å². The second kappa shape index (κ2) is 4.76. The third kappa shape index (κ3) is 2.31. The number of thiazole rings is 1. The molecule has 1 heterocycles. The molecule has 0 aliphatic carbocycles. The maximum absolute atomic E-state index is 4.31. The van der Waals surface area contributed by atoms with E-state index < -0.39 is 0 Å². The van der Waals surface area contributed by atoms with Crippen LogP contribution in [-0.2, 0) is 0 Å². The summed E-state index contributed by atoms with van der Waals surface area (Å²) in [6.07, 6.45) is 1.96. The van der Waals surface area contributed by atoms with Crippen molar-refractivity contribution < 1.29 is 0 Å². The van der Waals surface area contributed by atoms with Gasteiger partial charge in [0, 0.05) is 11.1 Å². The summed E-state index contributed by atoms with van der Waals surface area (Å²) < 4.78 is 0. The molecule has 16 heavy (non-hydrogen) atoms. The van der Waals surface area contributed by atoms with Crippen molar-refractivity contribution in [1.29, 1.82) is 0 Å². The van der Waals surface area contributed by atoms with Crippen molar-refractivity contribution in [3.05, 3.63) is 51.5 Å². The number of rotatable bonds is 3. The Morgan fingerprint density at radius 3 is 2.69 bits per heavy atom. The summed E-state index contributed by atoms with van der Waals surface area (Å²) in [6.45, 7) is 4.16. The lowest BCUT2D eigenvalue weighted by molar-refractivity contribution is 0.702. The summed E-state index contributed by atoms with van der Waals surface area (Å²) in [5.74, 6) is 0. The fourth-order valence-corrected chi connectivity index (χ4v) is 2.76. The summed E-state index contributed by atoms with van der Waals surface area (Å²) >= 11 is 1.75. The van der Waals surface area contributed by atoms with E-state index in [9.17, 15) is 0 Å². The zero-order valence-electron chi connectivity index (χ0n) is 9.82. The van der Waals surface area contributed by atoms with Crippen LogP contribution in [0.2, 0.25) is 0 Å².